The van der Waals surface area contributed by atoms with Gasteiger partial charge in [-0.2, -0.15) is 5.26 Å². The summed E-state index contributed by atoms with van der Waals surface area (Å²) in [6, 6.07) is 12.7. The fourth-order valence-corrected chi connectivity index (χ4v) is 5.77. The van der Waals surface area contributed by atoms with Gasteiger partial charge in [-0.25, -0.2) is 9.97 Å². The van der Waals surface area contributed by atoms with Crippen LogP contribution in [0.3, 0.4) is 0 Å². The summed E-state index contributed by atoms with van der Waals surface area (Å²) < 4.78 is 1.23. The number of piperazine rings is 1. The minimum absolute atomic E-state index is 0.234. The molecule has 4 heterocycles. The molecule has 0 N–H and O–H groups in total. The fraction of sp³-hybridized carbons (Fsp3) is 0.417. The zero-order valence-electron chi connectivity index (χ0n) is 18.1. The number of nitrogens with zero attached hydrogens (tertiary/aromatic N) is 6. The molecule has 0 aliphatic carbocycles. The molecule has 7 nitrogen and oxygen atoms in total. The average molecular weight is 447 g/mol. The third-order valence-corrected chi connectivity index (χ3v) is 7.48. The highest BCUT2D eigenvalue weighted by Crippen LogP contribution is 2.34. The number of benzene rings is 1. The van der Waals surface area contributed by atoms with Gasteiger partial charge in [-0.3, -0.25) is 4.79 Å². The van der Waals surface area contributed by atoms with E-state index in [1.165, 1.54) is 10.3 Å². The van der Waals surface area contributed by atoms with E-state index in [1.807, 2.05) is 34.7 Å². The molecule has 3 aromatic rings. The number of pyridine rings is 1. The molecule has 8 heteroatoms. The van der Waals surface area contributed by atoms with Gasteiger partial charge in [-0.05, 0) is 43.7 Å². The van der Waals surface area contributed by atoms with Crippen LogP contribution in [0, 0.1) is 11.3 Å². The van der Waals surface area contributed by atoms with E-state index in [2.05, 4.69) is 39.0 Å². The highest BCUT2D eigenvalue weighted by molar-refractivity contribution is 7.16. The minimum atomic E-state index is 0.234. The lowest BCUT2D eigenvalue weighted by Gasteiger charge is -2.42. The van der Waals surface area contributed by atoms with Crippen molar-refractivity contribution in [3.8, 4) is 6.07 Å². The van der Waals surface area contributed by atoms with Crippen LogP contribution in [-0.2, 0) is 11.3 Å². The number of likely N-dealkylation sites (tertiary alicyclic amines) is 1. The molecule has 2 aliphatic rings. The Balaban J connectivity index is 1.16. The number of anilines is 1. The second kappa shape index (κ2) is 8.85. The Kier molecular flexibility index (Phi) is 5.77. The first-order valence-corrected chi connectivity index (χ1v) is 11.9. The van der Waals surface area contributed by atoms with Gasteiger partial charge in [0.15, 0.2) is 0 Å². The van der Waals surface area contributed by atoms with Crippen molar-refractivity contribution in [2.24, 2.45) is 0 Å². The van der Waals surface area contributed by atoms with Crippen LogP contribution in [-0.4, -0.2) is 64.4 Å². The van der Waals surface area contributed by atoms with Crippen LogP contribution in [0.25, 0.3) is 10.2 Å². The van der Waals surface area contributed by atoms with Gasteiger partial charge in [0, 0.05) is 50.9 Å². The number of hydrogen-bond donors (Lipinski definition) is 0. The maximum Gasteiger partial charge on any atom is 0.223 e. The van der Waals surface area contributed by atoms with Crippen molar-refractivity contribution in [3.63, 3.8) is 0 Å². The summed E-state index contributed by atoms with van der Waals surface area (Å²) in [4.78, 5) is 28.5. The van der Waals surface area contributed by atoms with Gasteiger partial charge in [0.2, 0.25) is 5.91 Å². The van der Waals surface area contributed by atoms with Crippen molar-refractivity contribution in [2.45, 2.75) is 37.9 Å². The largest absolute Gasteiger partial charge is 0.347 e. The number of hydrogen-bond acceptors (Lipinski definition) is 7. The molecule has 164 valence electrons. The normalized spacial score (nSPS) is 20.2. The maximum atomic E-state index is 13.0. The number of amides is 1. The van der Waals surface area contributed by atoms with Crippen LogP contribution in [0.2, 0.25) is 0 Å². The molecule has 0 saturated carbocycles. The predicted octanol–water partition coefficient (Wildman–Crippen LogP) is 3.26. The van der Waals surface area contributed by atoms with Crippen LogP contribution >= 0.6 is 11.3 Å². The third kappa shape index (κ3) is 4.06. The minimum Gasteiger partial charge on any atom is -0.347 e. The summed E-state index contributed by atoms with van der Waals surface area (Å²) in [6.45, 7) is 3.05. The summed E-state index contributed by atoms with van der Waals surface area (Å²) in [6.07, 6.45) is 4.32. The zero-order chi connectivity index (χ0) is 22.1. The molecule has 0 spiro atoms. The van der Waals surface area contributed by atoms with Crippen LogP contribution in [0.4, 0.5) is 5.82 Å². The summed E-state index contributed by atoms with van der Waals surface area (Å²) in [5.74, 6) is 1.15. The maximum absolute atomic E-state index is 13.0. The van der Waals surface area contributed by atoms with E-state index in [0.29, 0.717) is 24.1 Å². The number of rotatable bonds is 6. The van der Waals surface area contributed by atoms with E-state index in [-0.39, 0.29) is 5.91 Å². The lowest BCUT2D eigenvalue weighted by atomic mass is 10.1. The van der Waals surface area contributed by atoms with E-state index in [0.717, 1.165) is 50.4 Å². The van der Waals surface area contributed by atoms with Crippen molar-refractivity contribution < 1.29 is 4.79 Å². The summed E-state index contributed by atoms with van der Waals surface area (Å²) in [5, 5.41) is 9.01. The number of fused-ring (bicyclic) bond motifs is 3. The summed E-state index contributed by atoms with van der Waals surface area (Å²) in [7, 11) is 2.07. The molecule has 2 unspecified atom stereocenters. The zero-order valence-corrected chi connectivity index (χ0v) is 19.0. The monoisotopic (exact) mass is 446 g/mol. The molecule has 32 heavy (non-hydrogen) atoms. The first-order valence-electron chi connectivity index (χ1n) is 11.0. The average Bonchev–Trinajstić information content (AvgIpc) is 3.40. The van der Waals surface area contributed by atoms with Gasteiger partial charge < -0.3 is 14.7 Å². The lowest BCUT2D eigenvalue weighted by Crippen LogP contribution is -2.56. The van der Waals surface area contributed by atoms with Gasteiger partial charge in [0.1, 0.15) is 11.9 Å². The Morgan fingerprint density at radius 3 is 2.75 bits per heavy atom. The molecule has 2 saturated heterocycles. The number of aromatic nitrogens is 2. The Labute approximate surface area is 191 Å². The van der Waals surface area contributed by atoms with Crippen molar-refractivity contribution in [3.05, 3.63) is 53.2 Å². The lowest BCUT2D eigenvalue weighted by molar-refractivity contribution is -0.132. The Morgan fingerprint density at radius 1 is 1.22 bits per heavy atom. The van der Waals surface area contributed by atoms with Crippen LogP contribution in [0.1, 0.15) is 30.4 Å². The van der Waals surface area contributed by atoms with E-state index in [4.69, 9.17) is 5.26 Å². The second-order valence-corrected chi connectivity index (χ2v) is 9.57. The Morgan fingerprint density at radius 2 is 2.03 bits per heavy atom. The van der Waals surface area contributed by atoms with Crippen LogP contribution in [0.15, 0.2) is 42.0 Å². The number of nitriles is 1. The van der Waals surface area contributed by atoms with Gasteiger partial charge in [-0.1, -0.05) is 12.1 Å². The number of carbonyl (C=O) groups is 1. The van der Waals surface area contributed by atoms with Crippen molar-refractivity contribution >= 4 is 33.3 Å². The molecular formula is C24H26N6OS. The third-order valence-electron chi connectivity index (χ3n) is 6.56. The molecule has 2 fully saturated rings. The quantitative estimate of drug-likeness (QED) is 0.579. The molecule has 1 amide bonds. The van der Waals surface area contributed by atoms with Crippen LogP contribution < -0.4 is 4.90 Å². The van der Waals surface area contributed by atoms with Gasteiger partial charge in [0.25, 0.3) is 0 Å². The van der Waals surface area contributed by atoms with E-state index < -0.39 is 0 Å². The van der Waals surface area contributed by atoms with Crippen molar-refractivity contribution in [2.75, 3.05) is 31.6 Å². The fourth-order valence-electron chi connectivity index (χ4n) is 4.97. The SMILES string of the molecule is CN(CCC(=O)N1CC2CCC(C1)N2c1ccc(C#N)cn1)Cc1cccc2ncsc12. The number of thiazole rings is 1. The van der Waals surface area contributed by atoms with Crippen molar-refractivity contribution in [1.82, 2.24) is 19.8 Å². The predicted molar refractivity (Wildman–Crippen MR) is 125 cm³/mol. The molecule has 1 aromatic carbocycles. The topological polar surface area (TPSA) is 76.4 Å². The van der Waals surface area contributed by atoms with E-state index >= 15 is 0 Å². The number of carbonyl (C=O) groups excluding carboxylic acids is 1. The molecule has 2 bridgehead atoms. The summed E-state index contributed by atoms with van der Waals surface area (Å²) in [5.41, 5.74) is 4.77. The first-order chi connectivity index (χ1) is 15.6. The van der Waals surface area contributed by atoms with Gasteiger partial charge >= 0.3 is 0 Å². The smallest absolute Gasteiger partial charge is 0.223 e. The van der Waals surface area contributed by atoms with Crippen molar-refractivity contribution in [1.29, 1.82) is 5.26 Å². The highest BCUT2D eigenvalue weighted by atomic mass is 32.1. The standard InChI is InChI=1S/C24H26N6OS/c1-28(13-18-3-2-4-21-24(18)32-16-27-21)10-9-23(31)29-14-19-6-7-20(15-29)30(19)22-8-5-17(11-25)12-26-22/h2-5,8,12,16,19-20H,6-7,9-10,13-15H2,1H3. The molecule has 2 aliphatic heterocycles. The van der Waals surface area contributed by atoms with E-state index in [9.17, 15) is 4.79 Å². The Bertz CT molecular complexity index is 1140. The van der Waals surface area contributed by atoms with Gasteiger partial charge in [-0.15, -0.1) is 11.3 Å². The first kappa shape index (κ1) is 20.9. The Hall–Kier alpha value is -3.02. The van der Waals surface area contributed by atoms with E-state index in [1.54, 1.807) is 17.5 Å². The molecular weight excluding hydrogens is 420 g/mol. The molecule has 5 rings (SSSR count). The second-order valence-electron chi connectivity index (χ2n) is 8.71. The molecule has 0 radical (unpaired) electrons. The molecule has 2 atom stereocenters. The highest BCUT2D eigenvalue weighted by Gasteiger charge is 2.41. The van der Waals surface area contributed by atoms with Gasteiger partial charge in [0.05, 0.1) is 21.3 Å². The van der Waals surface area contributed by atoms with Crippen LogP contribution in [0.5, 0.6) is 0 Å². The molecule has 2 aromatic heterocycles. The summed E-state index contributed by atoms with van der Waals surface area (Å²) >= 11 is 1.67.